The number of carbonyl (C=O) groups excluding carboxylic acids is 2. The van der Waals surface area contributed by atoms with Crippen molar-refractivity contribution in [3.8, 4) is 0 Å². The third kappa shape index (κ3) is 2.74. The van der Waals surface area contributed by atoms with Gasteiger partial charge in [0.2, 0.25) is 11.9 Å². The van der Waals surface area contributed by atoms with Crippen LogP contribution in [0.15, 0.2) is 16.6 Å². The maximum absolute atomic E-state index is 12.4. The van der Waals surface area contributed by atoms with Gasteiger partial charge in [-0.15, -0.1) is 0 Å². The van der Waals surface area contributed by atoms with Crippen molar-refractivity contribution in [3.63, 3.8) is 0 Å². The Morgan fingerprint density at radius 1 is 1.41 bits per heavy atom. The van der Waals surface area contributed by atoms with Crippen LogP contribution in [0.4, 0.5) is 0 Å². The molecule has 1 N–H and O–H groups in total. The minimum Gasteiger partial charge on any atom is -0.349 e. The molecule has 0 radical (unpaired) electrons. The second-order valence-corrected chi connectivity index (χ2v) is 6.63. The molecule has 2 amide bonds. The fraction of sp³-hybridized carbons (Fsp3) is 0.688. The van der Waals surface area contributed by atoms with Crippen LogP contribution in [0.1, 0.15) is 38.5 Å². The SMILES string of the molecule is CN(C)C1=NC2(CCN(C(=O)CC3=CCCC3)CC2)C(=O)N1. The molecule has 0 saturated carbocycles. The summed E-state index contributed by atoms with van der Waals surface area (Å²) in [5.41, 5.74) is 0.611. The van der Waals surface area contributed by atoms with Gasteiger partial charge in [0.15, 0.2) is 0 Å². The van der Waals surface area contributed by atoms with Gasteiger partial charge in [-0.05, 0) is 32.1 Å². The first-order valence-corrected chi connectivity index (χ1v) is 8.04. The van der Waals surface area contributed by atoms with Crippen LogP contribution < -0.4 is 5.32 Å². The van der Waals surface area contributed by atoms with Gasteiger partial charge in [-0.3, -0.25) is 14.9 Å². The molecular formula is C16H24N4O2. The lowest BCUT2D eigenvalue weighted by Gasteiger charge is -2.35. The van der Waals surface area contributed by atoms with Gasteiger partial charge in [0, 0.05) is 33.6 Å². The molecule has 1 aliphatic carbocycles. The lowest BCUT2D eigenvalue weighted by atomic mass is 9.88. The van der Waals surface area contributed by atoms with E-state index in [1.54, 1.807) is 0 Å². The lowest BCUT2D eigenvalue weighted by molar-refractivity contribution is -0.135. The molecule has 3 aliphatic rings. The number of hydrogen-bond acceptors (Lipinski definition) is 4. The second-order valence-electron chi connectivity index (χ2n) is 6.63. The number of nitrogens with zero attached hydrogens (tertiary/aromatic N) is 3. The van der Waals surface area contributed by atoms with Gasteiger partial charge in [-0.25, -0.2) is 4.99 Å². The predicted molar refractivity (Wildman–Crippen MR) is 84.4 cm³/mol. The number of carbonyl (C=O) groups is 2. The van der Waals surface area contributed by atoms with Crippen LogP contribution in [-0.2, 0) is 9.59 Å². The van der Waals surface area contributed by atoms with E-state index in [4.69, 9.17) is 0 Å². The molecule has 22 heavy (non-hydrogen) atoms. The highest BCUT2D eigenvalue weighted by molar-refractivity contribution is 6.07. The molecule has 2 aliphatic heterocycles. The molecule has 0 atom stereocenters. The molecule has 0 aromatic rings. The zero-order valence-corrected chi connectivity index (χ0v) is 13.4. The van der Waals surface area contributed by atoms with Crippen molar-refractivity contribution in [2.45, 2.75) is 44.1 Å². The molecule has 0 aromatic heterocycles. The highest BCUT2D eigenvalue weighted by atomic mass is 16.2. The van der Waals surface area contributed by atoms with Crippen LogP contribution in [0.2, 0.25) is 0 Å². The highest BCUT2D eigenvalue weighted by Gasteiger charge is 2.46. The average molecular weight is 304 g/mol. The molecule has 1 spiro atoms. The maximum Gasteiger partial charge on any atom is 0.254 e. The second kappa shape index (κ2) is 5.74. The molecule has 2 heterocycles. The fourth-order valence-corrected chi connectivity index (χ4v) is 3.38. The normalized spacial score (nSPS) is 23.4. The Morgan fingerprint density at radius 2 is 2.14 bits per heavy atom. The molecule has 0 aromatic carbocycles. The predicted octanol–water partition coefficient (Wildman–Crippen LogP) is 0.895. The Labute approximate surface area is 131 Å². The van der Waals surface area contributed by atoms with Crippen molar-refractivity contribution in [1.82, 2.24) is 15.1 Å². The van der Waals surface area contributed by atoms with E-state index in [0.29, 0.717) is 38.3 Å². The van der Waals surface area contributed by atoms with E-state index in [0.717, 1.165) is 12.8 Å². The van der Waals surface area contributed by atoms with Crippen molar-refractivity contribution < 1.29 is 9.59 Å². The zero-order chi connectivity index (χ0) is 15.7. The summed E-state index contributed by atoms with van der Waals surface area (Å²) in [5, 5.41) is 2.84. The maximum atomic E-state index is 12.4. The molecule has 3 rings (SSSR count). The van der Waals surface area contributed by atoms with Gasteiger partial charge >= 0.3 is 0 Å². The Kier molecular flexibility index (Phi) is 3.93. The summed E-state index contributed by atoms with van der Waals surface area (Å²) in [5.74, 6) is 0.793. The fourth-order valence-electron chi connectivity index (χ4n) is 3.38. The summed E-state index contributed by atoms with van der Waals surface area (Å²) in [6.07, 6.45) is 7.30. The van der Waals surface area contributed by atoms with Gasteiger partial charge in [0.1, 0.15) is 5.54 Å². The number of aliphatic imine (C=N–C) groups is 1. The van der Waals surface area contributed by atoms with Crippen molar-refractivity contribution in [2.24, 2.45) is 4.99 Å². The van der Waals surface area contributed by atoms with Crippen molar-refractivity contribution in [3.05, 3.63) is 11.6 Å². The molecule has 1 fully saturated rings. The van der Waals surface area contributed by atoms with Crippen molar-refractivity contribution >= 4 is 17.8 Å². The molecule has 0 bridgehead atoms. The van der Waals surface area contributed by atoms with E-state index >= 15 is 0 Å². The first-order valence-electron chi connectivity index (χ1n) is 8.04. The number of nitrogens with one attached hydrogen (secondary N) is 1. The van der Waals surface area contributed by atoms with Crippen LogP contribution in [0.5, 0.6) is 0 Å². The lowest BCUT2D eigenvalue weighted by Crippen LogP contribution is -2.50. The number of guanidine groups is 1. The quantitative estimate of drug-likeness (QED) is 0.771. The smallest absolute Gasteiger partial charge is 0.254 e. The Morgan fingerprint density at radius 3 is 2.68 bits per heavy atom. The van der Waals surface area contributed by atoms with Gasteiger partial charge < -0.3 is 9.80 Å². The Hall–Kier alpha value is -1.85. The minimum absolute atomic E-state index is 0.0261. The molecule has 0 unspecified atom stereocenters. The summed E-state index contributed by atoms with van der Waals surface area (Å²) in [7, 11) is 3.73. The van der Waals surface area contributed by atoms with Crippen molar-refractivity contribution in [1.29, 1.82) is 0 Å². The third-order valence-corrected chi connectivity index (χ3v) is 4.85. The first kappa shape index (κ1) is 15.1. The largest absolute Gasteiger partial charge is 0.349 e. The number of likely N-dealkylation sites (tertiary alicyclic amines) is 1. The van der Waals surface area contributed by atoms with Gasteiger partial charge in [-0.2, -0.15) is 0 Å². The number of hydrogen-bond donors (Lipinski definition) is 1. The van der Waals surface area contributed by atoms with E-state index < -0.39 is 5.54 Å². The molecule has 6 heteroatoms. The summed E-state index contributed by atoms with van der Waals surface area (Å²) < 4.78 is 0. The Balaban J connectivity index is 1.60. The third-order valence-electron chi connectivity index (χ3n) is 4.85. The van der Waals surface area contributed by atoms with E-state index in [9.17, 15) is 9.59 Å². The topological polar surface area (TPSA) is 65.0 Å². The van der Waals surface area contributed by atoms with E-state index in [1.165, 1.54) is 12.0 Å². The summed E-state index contributed by atoms with van der Waals surface area (Å²) in [4.78, 5) is 32.9. The van der Waals surface area contributed by atoms with E-state index in [1.807, 2.05) is 23.9 Å². The van der Waals surface area contributed by atoms with E-state index in [2.05, 4.69) is 16.4 Å². The Bertz CT molecular complexity index is 542. The van der Waals surface area contributed by atoms with E-state index in [-0.39, 0.29) is 11.8 Å². The molecule has 1 saturated heterocycles. The number of allylic oxidation sites excluding steroid dienone is 1. The monoisotopic (exact) mass is 304 g/mol. The number of piperidine rings is 1. The van der Waals surface area contributed by atoms with Crippen LogP contribution in [0.25, 0.3) is 0 Å². The van der Waals surface area contributed by atoms with Crippen molar-refractivity contribution in [2.75, 3.05) is 27.2 Å². The molecule has 6 nitrogen and oxygen atoms in total. The molecule has 120 valence electrons. The van der Waals surface area contributed by atoms with Crippen LogP contribution >= 0.6 is 0 Å². The number of rotatable bonds is 2. The van der Waals surface area contributed by atoms with Crippen LogP contribution in [-0.4, -0.2) is 60.3 Å². The molecular weight excluding hydrogens is 280 g/mol. The highest BCUT2D eigenvalue weighted by Crippen LogP contribution is 2.31. The summed E-state index contributed by atoms with van der Waals surface area (Å²) >= 11 is 0. The van der Waals surface area contributed by atoms with Crippen LogP contribution in [0.3, 0.4) is 0 Å². The van der Waals surface area contributed by atoms with Gasteiger partial charge in [0.25, 0.3) is 5.91 Å². The number of amides is 2. The summed E-state index contributed by atoms with van der Waals surface area (Å²) in [6, 6.07) is 0. The van der Waals surface area contributed by atoms with Crippen LogP contribution in [0, 0.1) is 0 Å². The summed E-state index contributed by atoms with van der Waals surface area (Å²) in [6.45, 7) is 1.23. The first-order chi connectivity index (χ1) is 10.5. The van der Waals surface area contributed by atoms with Gasteiger partial charge in [0.05, 0.1) is 0 Å². The minimum atomic E-state index is -0.664. The average Bonchev–Trinajstić information content (AvgIpc) is 3.09. The zero-order valence-electron chi connectivity index (χ0n) is 13.4. The standard InChI is InChI=1S/C16H24N4O2/c1-19(2)15-17-14(22)16(18-15)7-9-20(10-8-16)13(21)11-12-5-3-4-6-12/h5H,3-4,6-11H2,1-2H3,(H,17,18,22). The van der Waals surface area contributed by atoms with Gasteiger partial charge in [-0.1, -0.05) is 11.6 Å².